The van der Waals surface area contributed by atoms with E-state index >= 15 is 0 Å². The number of hydrogen-bond acceptors (Lipinski definition) is 3. The third-order valence-electron chi connectivity index (χ3n) is 3.93. The van der Waals surface area contributed by atoms with Gasteiger partial charge in [-0.1, -0.05) is 6.07 Å². The fourth-order valence-electron chi connectivity index (χ4n) is 2.65. The number of phenols is 1. The predicted molar refractivity (Wildman–Crippen MR) is 75.4 cm³/mol. The number of piperidine rings is 1. The molecular weight excluding hydrogens is 240 g/mol. The van der Waals surface area contributed by atoms with E-state index in [-0.39, 0.29) is 11.7 Å². The molecule has 0 spiro atoms. The van der Waals surface area contributed by atoms with Crippen molar-refractivity contribution < 1.29 is 9.90 Å². The highest BCUT2D eigenvalue weighted by Gasteiger charge is 2.24. The zero-order valence-corrected chi connectivity index (χ0v) is 11.6. The van der Waals surface area contributed by atoms with Crippen LogP contribution in [0.5, 0.6) is 5.75 Å². The molecule has 4 nitrogen and oxygen atoms in total. The van der Waals surface area contributed by atoms with Gasteiger partial charge in [-0.05, 0) is 51.4 Å². The molecule has 4 heteroatoms. The average Bonchev–Trinajstić information content (AvgIpc) is 2.42. The molecule has 0 unspecified atom stereocenters. The van der Waals surface area contributed by atoms with Crippen molar-refractivity contribution in [2.24, 2.45) is 5.92 Å². The van der Waals surface area contributed by atoms with E-state index in [1.165, 1.54) is 0 Å². The van der Waals surface area contributed by atoms with Crippen LogP contribution in [0.1, 0.15) is 28.8 Å². The van der Waals surface area contributed by atoms with Gasteiger partial charge in [-0.3, -0.25) is 4.79 Å². The molecule has 1 amide bonds. The molecule has 2 N–H and O–H groups in total. The van der Waals surface area contributed by atoms with Crippen LogP contribution in [0.2, 0.25) is 0 Å². The van der Waals surface area contributed by atoms with E-state index in [1.807, 2.05) is 11.9 Å². The number of carbonyl (C=O) groups excluding carboxylic acids is 1. The van der Waals surface area contributed by atoms with Gasteiger partial charge in [-0.25, -0.2) is 0 Å². The maximum Gasteiger partial charge on any atom is 0.254 e. The summed E-state index contributed by atoms with van der Waals surface area (Å²) in [6.07, 6.45) is 2.09. The molecule has 1 aliphatic rings. The standard InChI is InChI=1S/C15H22N2O2/c1-11-13(4-3-5-14(11)18)15(19)17-8-6-12(7-9-17)10-16-2/h3-5,12,16,18H,6-10H2,1-2H3. The van der Waals surface area contributed by atoms with Crippen LogP contribution in [0.4, 0.5) is 0 Å². The number of amides is 1. The number of hydrogen-bond donors (Lipinski definition) is 2. The Hall–Kier alpha value is -1.55. The van der Waals surface area contributed by atoms with E-state index < -0.39 is 0 Å². The molecule has 1 aromatic carbocycles. The van der Waals surface area contributed by atoms with E-state index in [0.29, 0.717) is 17.0 Å². The van der Waals surface area contributed by atoms with Gasteiger partial charge in [0.05, 0.1) is 0 Å². The van der Waals surface area contributed by atoms with Gasteiger partial charge >= 0.3 is 0 Å². The first-order valence-corrected chi connectivity index (χ1v) is 6.86. The first kappa shape index (κ1) is 13.9. The lowest BCUT2D eigenvalue weighted by atomic mass is 9.96. The number of rotatable bonds is 3. The van der Waals surface area contributed by atoms with Crippen molar-refractivity contribution in [2.75, 3.05) is 26.7 Å². The zero-order valence-electron chi connectivity index (χ0n) is 11.6. The second-order valence-electron chi connectivity index (χ2n) is 5.24. The topological polar surface area (TPSA) is 52.6 Å². The maximum absolute atomic E-state index is 12.4. The van der Waals surface area contributed by atoms with Crippen molar-refractivity contribution in [3.05, 3.63) is 29.3 Å². The van der Waals surface area contributed by atoms with Crippen molar-refractivity contribution >= 4 is 5.91 Å². The van der Waals surface area contributed by atoms with E-state index in [2.05, 4.69) is 5.32 Å². The van der Waals surface area contributed by atoms with Crippen LogP contribution in [0.3, 0.4) is 0 Å². The monoisotopic (exact) mass is 262 g/mol. The molecule has 1 saturated heterocycles. The lowest BCUT2D eigenvalue weighted by Crippen LogP contribution is -2.40. The van der Waals surface area contributed by atoms with Gasteiger partial charge in [0.2, 0.25) is 0 Å². The number of benzene rings is 1. The lowest BCUT2D eigenvalue weighted by Gasteiger charge is -2.32. The van der Waals surface area contributed by atoms with Crippen LogP contribution in [0, 0.1) is 12.8 Å². The smallest absolute Gasteiger partial charge is 0.254 e. The van der Waals surface area contributed by atoms with E-state index in [0.717, 1.165) is 32.5 Å². The second-order valence-corrected chi connectivity index (χ2v) is 5.24. The molecular formula is C15H22N2O2. The number of likely N-dealkylation sites (tertiary alicyclic amines) is 1. The summed E-state index contributed by atoms with van der Waals surface area (Å²) in [6, 6.07) is 5.13. The van der Waals surface area contributed by atoms with Crippen molar-refractivity contribution in [1.82, 2.24) is 10.2 Å². The molecule has 19 heavy (non-hydrogen) atoms. The third kappa shape index (κ3) is 3.07. The minimum atomic E-state index is 0.0382. The summed E-state index contributed by atoms with van der Waals surface area (Å²) in [7, 11) is 1.97. The Morgan fingerprint density at radius 2 is 2.11 bits per heavy atom. The predicted octanol–water partition coefficient (Wildman–Crippen LogP) is 1.77. The van der Waals surface area contributed by atoms with Gasteiger partial charge in [0.25, 0.3) is 5.91 Å². The zero-order chi connectivity index (χ0) is 13.8. The Labute approximate surface area is 114 Å². The molecule has 1 aliphatic heterocycles. The molecule has 104 valence electrons. The van der Waals surface area contributed by atoms with Crippen LogP contribution in [-0.4, -0.2) is 42.6 Å². The van der Waals surface area contributed by atoms with Crippen molar-refractivity contribution in [2.45, 2.75) is 19.8 Å². The molecule has 2 rings (SSSR count). The van der Waals surface area contributed by atoms with Crippen molar-refractivity contribution in [3.63, 3.8) is 0 Å². The van der Waals surface area contributed by atoms with Crippen LogP contribution in [0.25, 0.3) is 0 Å². The molecule has 0 aliphatic carbocycles. The van der Waals surface area contributed by atoms with Crippen LogP contribution < -0.4 is 5.32 Å². The van der Waals surface area contributed by atoms with E-state index in [4.69, 9.17) is 0 Å². The second kappa shape index (κ2) is 6.06. The van der Waals surface area contributed by atoms with E-state index in [1.54, 1.807) is 25.1 Å². The molecule has 0 saturated carbocycles. The molecule has 0 bridgehead atoms. The lowest BCUT2D eigenvalue weighted by molar-refractivity contribution is 0.0689. The number of carbonyl (C=O) groups is 1. The number of nitrogens with zero attached hydrogens (tertiary/aromatic N) is 1. The minimum absolute atomic E-state index is 0.0382. The van der Waals surface area contributed by atoms with E-state index in [9.17, 15) is 9.90 Å². The third-order valence-corrected chi connectivity index (χ3v) is 3.93. The Bertz CT molecular complexity index is 451. The van der Waals surface area contributed by atoms with Crippen LogP contribution in [0.15, 0.2) is 18.2 Å². The molecule has 0 atom stereocenters. The van der Waals surface area contributed by atoms with Gasteiger partial charge < -0.3 is 15.3 Å². The Morgan fingerprint density at radius 1 is 1.42 bits per heavy atom. The van der Waals surface area contributed by atoms with Crippen LogP contribution in [-0.2, 0) is 0 Å². The number of phenolic OH excluding ortho intramolecular Hbond substituents is 1. The maximum atomic E-state index is 12.4. The summed E-state index contributed by atoms with van der Waals surface area (Å²) in [5.41, 5.74) is 1.29. The summed E-state index contributed by atoms with van der Waals surface area (Å²) in [5.74, 6) is 0.895. The number of nitrogens with one attached hydrogen (secondary N) is 1. The first-order chi connectivity index (χ1) is 9.13. The molecule has 0 aromatic heterocycles. The summed E-state index contributed by atoms with van der Waals surface area (Å²) in [4.78, 5) is 14.3. The summed E-state index contributed by atoms with van der Waals surface area (Å²) < 4.78 is 0. The van der Waals surface area contributed by atoms with Gasteiger partial charge in [0.1, 0.15) is 5.75 Å². The first-order valence-electron chi connectivity index (χ1n) is 6.86. The summed E-state index contributed by atoms with van der Waals surface area (Å²) in [6.45, 7) is 4.42. The van der Waals surface area contributed by atoms with Gasteiger partial charge in [0, 0.05) is 24.2 Å². The highest BCUT2D eigenvalue weighted by molar-refractivity contribution is 5.96. The number of aromatic hydroxyl groups is 1. The van der Waals surface area contributed by atoms with Gasteiger partial charge in [0.15, 0.2) is 0 Å². The fraction of sp³-hybridized carbons (Fsp3) is 0.533. The summed E-state index contributed by atoms with van der Waals surface area (Å²) >= 11 is 0. The highest BCUT2D eigenvalue weighted by Crippen LogP contribution is 2.23. The Morgan fingerprint density at radius 3 is 2.74 bits per heavy atom. The fourth-order valence-corrected chi connectivity index (χ4v) is 2.65. The molecule has 1 heterocycles. The minimum Gasteiger partial charge on any atom is -0.508 e. The summed E-state index contributed by atoms with van der Waals surface area (Å²) in [5, 5.41) is 12.9. The molecule has 1 fully saturated rings. The molecule has 0 radical (unpaired) electrons. The SMILES string of the molecule is CNCC1CCN(C(=O)c2cccc(O)c2C)CC1. The van der Waals surface area contributed by atoms with Crippen LogP contribution >= 0.6 is 0 Å². The Balaban J connectivity index is 2.03. The van der Waals surface area contributed by atoms with Crippen molar-refractivity contribution in [1.29, 1.82) is 0 Å². The quantitative estimate of drug-likeness (QED) is 0.873. The van der Waals surface area contributed by atoms with Gasteiger partial charge in [-0.15, -0.1) is 0 Å². The van der Waals surface area contributed by atoms with Gasteiger partial charge in [-0.2, -0.15) is 0 Å². The van der Waals surface area contributed by atoms with Crippen molar-refractivity contribution in [3.8, 4) is 5.75 Å². The average molecular weight is 262 g/mol. The normalized spacial score (nSPS) is 16.6. The largest absolute Gasteiger partial charge is 0.508 e. The molecule has 1 aromatic rings. The highest BCUT2D eigenvalue weighted by atomic mass is 16.3. The Kier molecular flexibility index (Phi) is 4.43.